The number of anilines is 1. The molecule has 2 heterocycles. The molecule has 0 aliphatic rings. The highest BCUT2D eigenvalue weighted by Gasteiger charge is 2.25. The van der Waals surface area contributed by atoms with Crippen LogP contribution in [0.1, 0.15) is 29.9 Å². The third kappa shape index (κ3) is 4.35. The lowest BCUT2D eigenvalue weighted by Gasteiger charge is -2.09. The van der Waals surface area contributed by atoms with E-state index in [9.17, 15) is 9.90 Å². The van der Waals surface area contributed by atoms with Crippen LogP contribution in [0.4, 0.5) is 5.82 Å². The summed E-state index contributed by atoms with van der Waals surface area (Å²) >= 11 is 0. The average Bonchev–Trinajstić information content (AvgIpc) is 3.44. The number of carbonyl (C=O) groups excluding carboxylic acids is 1. The highest BCUT2D eigenvalue weighted by Crippen LogP contribution is 2.29. The van der Waals surface area contributed by atoms with Crippen molar-refractivity contribution in [3.8, 4) is 28.6 Å². The van der Waals surface area contributed by atoms with Crippen LogP contribution < -0.4 is 15.9 Å². The first-order chi connectivity index (χ1) is 16.0. The van der Waals surface area contributed by atoms with Crippen LogP contribution in [0.25, 0.3) is 17.1 Å². The molecule has 2 aromatic heterocycles. The highest BCUT2D eigenvalue weighted by atomic mass is 16.6. The number of nitrogens with zero attached hydrogens (tertiary/aromatic N) is 6. The van der Waals surface area contributed by atoms with Crippen LogP contribution in [0.15, 0.2) is 58.3 Å². The zero-order valence-corrected chi connectivity index (χ0v) is 17.8. The predicted molar refractivity (Wildman–Crippen MR) is 118 cm³/mol. The van der Waals surface area contributed by atoms with Crippen molar-refractivity contribution in [1.29, 1.82) is 0 Å². The van der Waals surface area contributed by atoms with Crippen LogP contribution in [-0.4, -0.2) is 48.6 Å². The standard InChI is InChI=1S/C21H20N8O4/c1-3-32-14-8-6-7-13(11-14)18-17(24-28-29(18)20-19(22)26-33-27-20)21(31)25-23-12(2)15-9-4-5-10-16(15)30/h4-11,30H,3H2,1-2H3,(H2,22,26)(H,25,31)/b23-12-. The quantitative estimate of drug-likeness (QED) is 0.283. The van der Waals surface area contributed by atoms with Gasteiger partial charge in [0, 0.05) is 11.1 Å². The Bertz CT molecular complexity index is 1330. The van der Waals surface area contributed by atoms with Gasteiger partial charge in [-0.1, -0.05) is 29.5 Å². The maximum atomic E-state index is 13.0. The van der Waals surface area contributed by atoms with Crippen molar-refractivity contribution < 1.29 is 19.3 Å². The number of hydrogen-bond donors (Lipinski definition) is 3. The number of nitrogens with two attached hydrogens (primary N) is 1. The molecule has 0 unspecified atom stereocenters. The predicted octanol–water partition coefficient (Wildman–Crippen LogP) is 2.16. The lowest BCUT2D eigenvalue weighted by molar-refractivity contribution is 0.0950. The van der Waals surface area contributed by atoms with E-state index in [1.165, 1.54) is 10.7 Å². The fourth-order valence-corrected chi connectivity index (χ4v) is 3.11. The van der Waals surface area contributed by atoms with Gasteiger partial charge in [-0.2, -0.15) is 9.78 Å². The number of aromatic nitrogens is 5. The molecule has 0 atom stereocenters. The minimum atomic E-state index is -0.636. The Balaban J connectivity index is 1.74. The molecule has 0 saturated heterocycles. The van der Waals surface area contributed by atoms with Crippen molar-refractivity contribution in [3.05, 3.63) is 59.8 Å². The van der Waals surface area contributed by atoms with Gasteiger partial charge in [-0.3, -0.25) is 4.79 Å². The van der Waals surface area contributed by atoms with Gasteiger partial charge in [-0.15, -0.1) is 5.10 Å². The van der Waals surface area contributed by atoms with Crippen LogP contribution in [-0.2, 0) is 0 Å². The van der Waals surface area contributed by atoms with Crippen molar-refractivity contribution in [1.82, 2.24) is 30.7 Å². The molecule has 0 radical (unpaired) electrons. The van der Waals surface area contributed by atoms with E-state index < -0.39 is 5.91 Å². The van der Waals surface area contributed by atoms with Gasteiger partial charge < -0.3 is 15.6 Å². The summed E-state index contributed by atoms with van der Waals surface area (Å²) < 4.78 is 11.5. The topological polar surface area (TPSA) is 167 Å². The van der Waals surface area contributed by atoms with E-state index in [4.69, 9.17) is 10.5 Å². The number of ether oxygens (including phenoxy) is 1. The molecule has 0 spiro atoms. The SMILES string of the molecule is CCOc1cccc(-c2c(C(=O)N/N=C(/C)c3ccccc3O)nnn2-c2nonc2N)c1. The van der Waals surface area contributed by atoms with Gasteiger partial charge in [0.2, 0.25) is 11.6 Å². The molecule has 0 aliphatic carbocycles. The van der Waals surface area contributed by atoms with Crippen LogP contribution in [0.5, 0.6) is 11.5 Å². The third-order valence-corrected chi connectivity index (χ3v) is 4.62. The number of nitrogens with one attached hydrogen (secondary N) is 1. The average molecular weight is 448 g/mol. The van der Waals surface area contributed by atoms with Gasteiger partial charge in [0.25, 0.3) is 5.91 Å². The molecule has 4 N–H and O–H groups in total. The molecule has 2 aromatic carbocycles. The van der Waals surface area contributed by atoms with E-state index in [2.05, 4.69) is 35.8 Å². The molecule has 12 heteroatoms. The first-order valence-electron chi connectivity index (χ1n) is 9.90. The van der Waals surface area contributed by atoms with Crippen LogP contribution in [0.2, 0.25) is 0 Å². The lowest BCUT2D eigenvalue weighted by Crippen LogP contribution is -2.21. The minimum Gasteiger partial charge on any atom is -0.507 e. The molecule has 33 heavy (non-hydrogen) atoms. The number of phenolic OH excluding ortho intramolecular Hbond substituents is 1. The third-order valence-electron chi connectivity index (χ3n) is 4.62. The monoisotopic (exact) mass is 448 g/mol. The van der Waals surface area contributed by atoms with Gasteiger partial charge in [0.05, 0.1) is 12.3 Å². The number of para-hydroxylation sites is 1. The van der Waals surface area contributed by atoms with Gasteiger partial charge >= 0.3 is 0 Å². The largest absolute Gasteiger partial charge is 0.507 e. The van der Waals surface area contributed by atoms with E-state index >= 15 is 0 Å². The molecule has 0 saturated carbocycles. The van der Waals surface area contributed by atoms with Crippen molar-refractivity contribution in [2.75, 3.05) is 12.3 Å². The second kappa shape index (κ2) is 9.18. The van der Waals surface area contributed by atoms with Gasteiger partial charge in [-0.05, 0) is 48.4 Å². The van der Waals surface area contributed by atoms with Gasteiger partial charge in [0.15, 0.2) is 5.69 Å². The second-order valence-electron chi connectivity index (χ2n) is 6.79. The number of nitrogen functional groups attached to an aromatic ring is 1. The van der Waals surface area contributed by atoms with Crippen LogP contribution >= 0.6 is 0 Å². The Morgan fingerprint density at radius 2 is 2.06 bits per heavy atom. The second-order valence-corrected chi connectivity index (χ2v) is 6.79. The normalized spacial score (nSPS) is 11.4. The lowest BCUT2D eigenvalue weighted by atomic mass is 10.1. The van der Waals surface area contributed by atoms with Crippen molar-refractivity contribution in [2.24, 2.45) is 5.10 Å². The summed E-state index contributed by atoms with van der Waals surface area (Å²) in [7, 11) is 0. The Morgan fingerprint density at radius 1 is 1.24 bits per heavy atom. The summed E-state index contributed by atoms with van der Waals surface area (Å²) in [6.45, 7) is 3.99. The molecule has 0 bridgehead atoms. The summed E-state index contributed by atoms with van der Waals surface area (Å²) in [5.41, 5.74) is 9.97. The molecule has 4 rings (SSSR count). The number of rotatable bonds is 7. The number of aromatic hydroxyl groups is 1. The van der Waals surface area contributed by atoms with E-state index in [1.807, 2.05) is 6.92 Å². The van der Waals surface area contributed by atoms with E-state index in [0.29, 0.717) is 29.2 Å². The number of hydrazone groups is 1. The Labute approximate surface area is 187 Å². The molecule has 12 nitrogen and oxygen atoms in total. The Morgan fingerprint density at radius 3 is 2.79 bits per heavy atom. The van der Waals surface area contributed by atoms with Crippen molar-refractivity contribution in [3.63, 3.8) is 0 Å². The number of phenols is 1. The van der Waals surface area contributed by atoms with Gasteiger partial charge in [-0.25, -0.2) is 10.1 Å². The summed E-state index contributed by atoms with van der Waals surface area (Å²) in [5.74, 6) is 0.0488. The maximum Gasteiger partial charge on any atom is 0.294 e. The van der Waals surface area contributed by atoms with Crippen LogP contribution in [0, 0.1) is 0 Å². The summed E-state index contributed by atoms with van der Waals surface area (Å²) in [5, 5.41) is 29.4. The van der Waals surface area contributed by atoms with Crippen molar-refractivity contribution >= 4 is 17.4 Å². The Hall–Kier alpha value is -4.74. The molecule has 4 aromatic rings. The summed E-state index contributed by atoms with van der Waals surface area (Å²) in [6, 6.07) is 13.7. The number of hydrogen-bond acceptors (Lipinski definition) is 10. The molecular formula is C21H20N8O4. The fraction of sp³-hybridized carbons (Fsp3) is 0.143. The zero-order chi connectivity index (χ0) is 23.4. The van der Waals surface area contributed by atoms with Crippen LogP contribution in [0.3, 0.4) is 0 Å². The summed E-state index contributed by atoms with van der Waals surface area (Å²) in [6.07, 6.45) is 0. The molecule has 0 aliphatic heterocycles. The highest BCUT2D eigenvalue weighted by molar-refractivity contribution is 6.03. The zero-order valence-electron chi connectivity index (χ0n) is 17.8. The van der Waals surface area contributed by atoms with Crippen molar-refractivity contribution in [2.45, 2.75) is 13.8 Å². The van der Waals surface area contributed by atoms with E-state index in [-0.39, 0.29) is 28.8 Å². The molecule has 168 valence electrons. The van der Waals surface area contributed by atoms with E-state index in [0.717, 1.165) is 0 Å². The first-order valence-corrected chi connectivity index (χ1v) is 9.90. The smallest absolute Gasteiger partial charge is 0.294 e. The summed E-state index contributed by atoms with van der Waals surface area (Å²) in [4.78, 5) is 13.0. The molecule has 1 amide bonds. The number of amides is 1. The fourth-order valence-electron chi connectivity index (χ4n) is 3.11. The minimum absolute atomic E-state index is 0.0255. The molecule has 0 fully saturated rings. The molecular weight excluding hydrogens is 428 g/mol. The maximum absolute atomic E-state index is 13.0. The first kappa shape index (κ1) is 21.5. The van der Waals surface area contributed by atoms with Gasteiger partial charge in [0.1, 0.15) is 17.2 Å². The van der Waals surface area contributed by atoms with E-state index in [1.54, 1.807) is 49.4 Å². The Kier molecular flexibility index (Phi) is 5.98. The number of carbonyl (C=O) groups is 1. The number of benzene rings is 2.